The molecule has 1 aromatic carbocycles. The zero-order valence-corrected chi connectivity index (χ0v) is 10.1. The summed E-state index contributed by atoms with van der Waals surface area (Å²) in [5, 5.41) is 0.609. The molecule has 3 heteroatoms. The summed E-state index contributed by atoms with van der Waals surface area (Å²) in [6, 6.07) is 7.10. The van der Waals surface area contributed by atoms with Crippen LogP contribution in [-0.4, -0.2) is 31.3 Å². The molecule has 0 spiro atoms. The Morgan fingerprint density at radius 2 is 2.13 bits per heavy atom. The summed E-state index contributed by atoms with van der Waals surface area (Å²) in [4.78, 5) is 14.0. The molecule has 0 bridgehead atoms. The van der Waals surface area contributed by atoms with Crippen LogP contribution in [0.25, 0.3) is 0 Å². The van der Waals surface area contributed by atoms with Crippen LogP contribution in [0.15, 0.2) is 24.3 Å². The minimum absolute atomic E-state index is 0.00142. The minimum Gasteiger partial charge on any atom is -0.309 e. The summed E-state index contributed by atoms with van der Waals surface area (Å²) in [5.74, 6) is 0.143. The average molecular weight is 226 g/mol. The Labute approximate surface area is 95.8 Å². The Kier molecular flexibility index (Phi) is 4.30. The number of carbonyl (C=O) groups excluding carboxylic acids is 1. The molecular formula is C12H16ClNO. The fourth-order valence-electron chi connectivity index (χ4n) is 1.56. The molecule has 0 amide bonds. The lowest BCUT2D eigenvalue weighted by atomic mass is 9.99. The minimum atomic E-state index is -0.00142. The summed E-state index contributed by atoms with van der Waals surface area (Å²) >= 11 is 5.84. The number of hydrogen-bond acceptors (Lipinski definition) is 2. The first-order valence-electron chi connectivity index (χ1n) is 4.95. The third-order valence-corrected chi connectivity index (χ3v) is 2.43. The number of benzene rings is 1. The third kappa shape index (κ3) is 3.65. The monoisotopic (exact) mass is 225 g/mol. The Balaban J connectivity index is 2.76. The number of ketones is 1. The van der Waals surface area contributed by atoms with Crippen LogP contribution in [0.1, 0.15) is 17.3 Å². The van der Waals surface area contributed by atoms with E-state index in [1.807, 2.05) is 25.9 Å². The van der Waals surface area contributed by atoms with E-state index < -0.39 is 0 Å². The van der Waals surface area contributed by atoms with Crippen molar-refractivity contribution in [1.29, 1.82) is 0 Å². The lowest BCUT2D eigenvalue weighted by Crippen LogP contribution is -2.25. The van der Waals surface area contributed by atoms with Crippen molar-refractivity contribution in [3.8, 4) is 0 Å². The molecule has 0 aliphatic carbocycles. The van der Waals surface area contributed by atoms with E-state index in [9.17, 15) is 4.79 Å². The van der Waals surface area contributed by atoms with Gasteiger partial charge in [0, 0.05) is 23.0 Å². The molecule has 0 aliphatic rings. The van der Waals surface area contributed by atoms with E-state index in [-0.39, 0.29) is 11.7 Å². The third-order valence-electron chi connectivity index (χ3n) is 2.20. The topological polar surface area (TPSA) is 20.3 Å². The Bertz CT molecular complexity index is 349. The number of Topliss-reactive ketones (excluding diaryl/α,β-unsaturated/α-hetero) is 1. The van der Waals surface area contributed by atoms with Crippen LogP contribution in [0.3, 0.4) is 0 Å². The maximum absolute atomic E-state index is 11.9. The zero-order chi connectivity index (χ0) is 11.4. The number of rotatable bonds is 4. The smallest absolute Gasteiger partial charge is 0.166 e. The van der Waals surface area contributed by atoms with E-state index >= 15 is 0 Å². The molecule has 0 fully saturated rings. The van der Waals surface area contributed by atoms with Gasteiger partial charge in [-0.05, 0) is 26.2 Å². The number of carbonyl (C=O) groups is 1. The molecule has 0 N–H and O–H groups in total. The van der Waals surface area contributed by atoms with Crippen molar-refractivity contribution >= 4 is 17.4 Å². The van der Waals surface area contributed by atoms with Gasteiger partial charge in [0.15, 0.2) is 5.78 Å². The number of hydrogen-bond donors (Lipinski definition) is 0. The van der Waals surface area contributed by atoms with Gasteiger partial charge in [-0.1, -0.05) is 30.7 Å². The highest BCUT2D eigenvalue weighted by Gasteiger charge is 2.15. The van der Waals surface area contributed by atoms with Crippen LogP contribution in [0.2, 0.25) is 5.02 Å². The van der Waals surface area contributed by atoms with Crippen molar-refractivity contribution in [2.45, 2.75) is 6.92 Å². The van der Waals surface area contributed by atoms with E-state index in [0.717, 1.165) is 6.54 Å². The van der Waals surface area contributed by atoms with Crippen LogP contribution in [-0.2, 0) is 0 Å². The summed E-state index contributed by atoms with van der Waals surface area (Å²) in [6.07, 6.45) is 0. The van der Waals surface area contributed by atoms with Crippen LogP contribution < -0.4 is 0 Å². The van der Waals surface area contributed by atoms with E-state index in [2.05, 4.69) is 0 Å². The lowest BCUT2D eigenvalue weighted by molar-refractivity contribution is 0.0910. The normalized spacial score (nSPS) is 12.9. The molecule has 15 heavy (non-hydrogen) atoms. The molecule has 0 heterocycles. The first kappa shape index (κ1) is 12.2. The van der Waals surface area contributed by atoms with E-state index in [1.54, 1.807) is 24.3 Å². The quantitative estimate of drug-likeness (QED) is 0.735. The van der Waals surface area contributed by atoms with Gasteiger partial charge in [0.05, 0.1) is 0 Å². The standard InChI is InChI=1S/C12H16ClNO/c1-9(8-14(2)3)12(15)10-5-4-6-11(13)7-10/h4-7,9H,8H2,1-3H3. The van der Waals surface area contributed by atoms with E-state index in [4.69, 9.17) is 11.6 Å². The summed E-state index contributed by atoms with van der Waals surface area (Å²) in [6.45, 7) is 2.69. The second kappa shape index (κ2) is 5.29. The predicted octanol–water partition coefficient (Wildman–Crippen LogP) is 2.72. The van der Waals surface area contributed by atoms with E-state index in [0.29, 0.717) is 10.6 Å². The largest absolute Gasteiger partial charge is 0.309 e. The molecule has 1 atom stereocenters. The van der Waals surface area contributed by atoms with Crippen LogP contribution in [0.5, 0.6) is 0 Å². The molecule has 0 aliphatic heterocycles. The maximum atomic E-state index is 11.9. The first-order chi connectivity index (χ1) is 7.00. The molecule has 1 aromatic rings. The molecule has 82 valence electrons. The van der Waals surface area contributed by atoms with Gasteiger partial charge in [-0.2, -0.15) is 0 Å². The molecule has 1 unspecified atom stereocenters. The van der Waals surface area contributed by atoms with Crippen molar-refractivity contribution < 1.29 is 4.79 Å². The van der Waals surface area contributed by atoms with Crippen LogP contribution in [0, 0.1) is 5.92 Å². The Morgan fingerprint density at radius 3 is 2.67 bits per heavy atom. The highest BCUT2D eigenvalue weighted by molar-refractivity contribution is 6.31. The zero-order valence-electron chi connectivity index (χ0n) is 9.33. The molecule has 1 rings (SSSR count). The molecular weight excluding hydrogens is 210 g/mol. The van der Waals surface area contributed by atoms with Crippen molar-refractivity contribution in [3.63, 3.8) is 0 Å². The van der Waals surface area contributed by atoms with Crippen molar-refractivity contribution in [1.82, 2.24) is 4.90 Å². The first-order valence-corrected chi connectivity index (χ1v) is 5.33. The fraction of sp³-hybridized carbons (Fsp3) is 0.417. The lowest BCUT2D eigenvalue weighted by Gasteiger charge is -2.15. The van der Waals surface area contributed by atoms with Crippen LogP contribution in [0.4, 0.5) is 0 Å². The molecule has 2 nitrogen and oxygen atoms in total. The second-order valence-corrected chi connectivity index (χ2v) is 4.47. The van der Waals surface area contributed by atoms with Gasteiger partial charge in [0.1, 0.15) is 0 Å². The van der Waals surface area contributed by atoms with Crippen molar-refractivity contribution in [2.75, 3.05) is 20.6 Å². The van der Waals surface area contributed by atoms with Gasteiger partial charge in [0.25, 0.3) is 0 Å². The number of nitrogens with zero attached hydrogens (tertiary/aromatic N) is 1. The SMILES string of the molecule is CC(CN(C)C)C(=O)c1cccc(Cl)c1. The van der Waals surface area contributed by atoms with Gasteiger partial charge < -0.3 is 4.90 Å². The van der Waals surface area contributed by atoms with Gasteiger partial charge >= 0.3 is 0 Å². The number of halogens is 1. The highest BCUT2D eigenvalue weighted by Crippen LogP contribution is 2.14. The summed E-state index contributed by atoms with van der Waals surface area (Å²) in [5.41, 5.74) is 0.692. The molecule has 0 radical (unpaired) electrons. The van der Waals surface area contributed by atoms with Gasteiger partial charge in [-0.15, -0.1) is 0 Å². The van der Waals surface area contributed by atoms with Crippen molar-refractivity contribution in [2.24, 2.45) is 5.92 Å². The van der Waals surface area contributed by atoms with E-state index in [1.165, 1.54) is 0 Å². The van der Waals surface area contributed by atoms with Gasteiger partial charge in [-0.25, -0.2) is 0 Å². The summed E-state index contributed by atoms with van der Waals surface area (Å²) < 4.78 is 0. The van der Waals surface area contributed by atoms with Gasteiger partial charge in [0.2, 0.25) is 0 Å². The maximum Gasteiger partial charge on any atom is 0.166 e. The predicted molar refractivity (Wildman–Crippen MR) is 63.5 cm³/mol. The van der Waals surface area contributed by atoms with Crippen molar-refractivity contribution in [3.05, 3.63) is 34.9 Å². The van der Waals surface area contributed by atoms with Gasteiger partial charge in [-0.3, -0.25) is 4.79 Å². The summed E-state index contributed by atoms with van der Waals surface area (Å²) in [7, 11) is 3.92. The highest BCUT2D eigenvalue weighted by atomic mass is 35.5. The molecule has 0 aromatic heterocycles. The Morgan fingerprint density at radius 1 is 1.47 bits per heavy atom. The second-order valence-electron chi connectivity index (χ2n) is 4.04. The fourth-order valence-corrected chi connectivity index (χ4v) is 1.75. The van der Waals surface area contributed by atoms with Crippen LogP contribution >= 0.6 is 11.6 Å². The molecule has 0 saturated heterocycles. The average Bonchev–Trinajstić information content (AvgIpc) is 2.15. The molecule has 0 saturated carbocycles. The Hall–Kier alpha value is -0.860.